The van der Waals surface area contributed by atoms with Crippen molar-refractivity contribution in [1.82, 2.24) is 0 Å². The summed E-state index contributed by atoms with van der Waals surface area (Å²) in [6, 6.07) is 74.1. The van der Waals surface area contributed by atoms with Crippen LogP contribution >= 0.6 is 0 Å². The Hall–Kier alpha value is -8.74. The molecule has 10 aromatic carbocycles. The summed E-state index contributed by atoms with van der Waals surface area (Å²) < 4.78 is 14.9. The van der Waals surface area contributed by atoms with E-state index in [0.29, 0.717) is 0 Å². The van der Waals surface area contributed by atoms with Gasteiger partial charge in [0.2, 0.25) is 0 Å². The lowest BCUT2D eigenvalue weighted by molar-refractivity contribution is 0.332. The number of hydrogen-bond acceptors (Lipinski definition) is 5. The number of fused-ring (bicyclic) bond motifs is 13. The summed E-state index contributed by atoms with van der Waals surface area (Å²) in [5.74, 6) is 0. The van der Waals surface area contributed by atoms with E-state index in [-0.39, 0.29) is 39.3 Å². The Morgan fingerprint density at radius 1 is 0.422 bits per heavy atom. The van der Waals surface area contributed by atoms with E-state index in [4.69, 9.17) is 8.83 Å². The van der Waals surface area contributed by atoms with Crippen LogP contribution in [0.2, 0.25) is 0 Å². The van der Waals surface area contributed by atoms with Gasteiger partial charge in [-0.3, -0.25) is 0 Å². The molecule has 0 spiro atoms. The van der Waals surface area contributed by atoms with Crippen molar-refractivity contribution in [3.8, 4) is 22.3 Å². The van der Waals surface area contributed by atoms with E-state index in [2.05, 4.69) is 320 Å². The zero-order valence-corrected chi connectivity index (χ0v) is 55.6. The molecule has 0 amide bonds. The van der Waals surface area contributed by atoms with Crippen LogP contribution in [-0.4, -0.2) is 6.85 Å². The van der Waals surface area contributed by atoms with Crippen LogP contribution < -0.4 is 25.5 Å². The lowest BCUT2D eigenvalue weighted by Crippen LogP contribution is -2.61. The fourth-order valence-corrected chi connectivity index (χ4v) is 15.1. The first kappa shape index (κ1) is 57.7. The Kier molecular flexibility index (Phi) is 12.7. The minimum absolute atomic E-state index is 0.000403. The molecule has 15 rings (SSSR count). The fourth-order valence-electron chi connectivity index (χ4n) is 15.1. The number of hydrogen-bond donors (Lipinski definition) is 0. The maximum absolute atomic E-state index is 7.70. The van der Waals surface area contributed by atoms with Crippen LogP contribution in [0.1, 0.15) is 157 Å². The third kappa shape index (κ3) is 9.16. The van der Waals surface area contributed by atoms with Crippen molar-refractivity contribution < 1.29 is 8.83 Å². The Balaban J connectivity index is 1.12. The Labute approximate surface area is 533 Å². The van der Waals surface area contributed by atoms with Crippen LogP contribution in [0.4, 0.5) is 45.5 Å². The molecule has 0 unspecified atom stereocenters. The summed E-state index contributed by atoms with van der Waals surface area (Å²) in [4.78, 5) is 7.76. The fraction of sp³-hybridized carbons (Fsp3) is 0.286. The summed E-state index contributed by atoms with van der Waals surface area (Å²) in [5, 5.41) is 4.48. The normalized spacial score (nSPS) is 15.4. The maximum atomic E-state index is 7.70. The molecule has 0 fully saturated rings. The number of para-hydroxylation sites is 1. The van der Waals surface area contributed by atoms with Crippen LogP contribution in [0, 0.1) is 0 Å². The van der Waals surface area contributed by atoms with Crippen LogP contribution in [0.25, 0.3) is 66.1 Å². The van der Waals surface area contributed by atoms with Gasteiger partial charge < -0.3 is 23.4 Å². The zero-order chi connectivity index (χ0) is 62.9. The van der Waals surface area contributed by atoms with Gasteiger partial charge in [-0.25, -0.2) is 0 Å². The molecule has 1 aliphatic carbocycles. The van der Waals surface area contributed by atoms with Gasteiger partial charge in [0.25, 0.3) is 0 Å². The van der Waals surface area contributed by atoms with Crippen LogP contribution in [0.3, 0.4) is 0 Å². The van der Waals surface area contributed by atoms with Gasteiger partial charge >= 0.3 is 6.85 Å². The molecule has 0 radical (unpaired) electrons. The molecule has 2 aromatic heterocycles. The zero-order valence-electron chi connectivity index (χ0n) is 55.6. The number of anilines is 8. The quantitative estimate of drug-likeness (QED) is 0.155. The summed E-state index contributed by atoms with van der Waals surface area (Å²) in [5.41, 5.74) is 26.8. The Bertz CT molecular complexity index is 4840. The van der Waals surface area contributed by atoms with Crippen molar-refractivity contribution in [2.75, 3.05) is 14.6 Å². The minimum Gasteiger partial charge on any atom is -0.456 e. The number of benzene rings is 10. The van der Waals surface area contributed by atoms with E-state index < -0.39 is 0 Å². The van der Waals surface area contributed by atoms with E-state index >= 15 is 0 Å². The molecule has 2 aliphatic heterocycles. The smallest absolute Gasteiger partial charge is 0.333 e. The van der Waals surface area contributed by atoms with Gasteiger partial charge in [-0.1, -0.05) is 208 Å². The molecule has 3 aliphatic rings. The molecule has 12 aromatic rings. The molecule has 0 saturated heterocycles. The van der Waals surface area contributed by atoms with Crippen molar-refractivity contribution in [3.63, 3.8) is 0 Å². The monoisotopic (exact) mass is 1180 g/mol. The lowest BCUT2D eigenvalue weighted by Gasteiger charge is -2.46. The Morgan fingerprint density at radius 3 is 1.64 bits per heavy atom. The molecular weight excluding hydrogens is 1090 g/mol. The van der Waals surface area contributed by atoms with E-state index in [1.165, 1.54) is 55.4 Å². The first-order chi connectivity index (χ1) is 42.6. The standard InChI is InChI=1S/C84H84BN3O2/c1-79(2,3)52-32-35-56(36-33-52)88-77-62(39-38-60-64-48-65-66(49-72(64)90-78(60)77)84(15,16)43-42-83(65,13)14)75-74-61-30-20-21-31-71(61)89-73(74)50-70-76(75)85(88)67-47-59(86(57-28-22-26-53(44-57)80(4,5)6)58-29-23-27-54(45-58)81(7,8)9)37-41-69(67)87(70)68-40-34-55(82(10,11)12)46-63(68)51-24-18-17-19-25-51/h17-41,44-50H,42-43H2,1-16H3. The van der Waals surface area contributed by atoms with E-state index in [1.54, 1.807) is 0 Å². The van der Waals surface area contributed by atoms with E-state index in [1.807, 2.05) is 0 Å². The van der Waals surface area contributed by atoms with Gasteiger partial charge in [0.1, 0.15) is 16.7 Å². The SMILES string of the molecule is CC(C)(C)c1ccc(N2B3c4cc(N(c5cccc(C(C)(C)C)c5)c5cccc(C(C)(C)C)c5)ccc4N(c4ccc(C(C)(C)C)cc4-c4ccccc4)c4cc5oc6ccccc6c5c(c43)-c3ccc4c(oc5cc6c(cc54)C(C)(C)CCC6(C)C)c32)cc1. The third-order valence-electron chi connectivity index (χ3n) is 20.5. The van der Waals surface area contributed by atoms with E-state index in [9.17, 15) is 0 Å². The van der Waals surface area contributed by atoms with Crippen molar-refractivity contribution in [1.29, 1.82) is 0 Å². The first-order valence-electron chi connectivity index (χ1n) is 32.7. The molecule has 6 heteroatoms. The number of rotatable bonds is 6. The topological polar surface area (TPSA) is 36.0 Å². The highest BCUT2D eigenvalue weighted by Gasteiger charge is 2.49. The molecule has 0 bridgehead atoms. The molecule has 4 heterocycles. The number of furan rings is 2. The minimum atomic E-state index is -0.380. The van der Waals surface area contributed by atoms with Gasteiger partial charge in [-0.05, 0) is 192 Å². The van der Waals surface area contributed by atoms with Crippen molar-refractivity contribution in [2.45, 2.75) is 156 Å². The highest BCUT2D eigenvalue weighted by Crippen LogP contribution is 2.57. The molecule has 0 N–H and O–H groups in total. The lowest BCUT2D eigenvalue weighted by atomic mass is 9.43. The van der Waals surface area contributed by atoms with Crippen LogP contribution in [-0.2, 0) is 32.5 Å². The highest BCUT2D eigenvalue weighted by atomic mass is 16.3. The van der Waals surface area contributed by atoms with Crippen LogP contribution in [0.5, 0.6) is 0 Å². The second-order valence-electron chi connectivity index (χ2n) is 31.7. The second kappa shape index (κ2) is 19.9. The number of nitrogens with zero attached hydrogens (tertiary/aromatic N) is 3. The van der Waals surface area contributed by atoms with Gasteiger partial charge in [-0.2, -0.15) is 0 Å². The third-order valence-corrected chi connectivity index (χ3v) is 20.5. The average molecular weight is 1180 g/mol. The maximum Gasteiger partial charge on any atom is 0.333 e. The average Bonchev–Trinajstić information content (AvgIpc) is 1.18. The predicted octanol–water partition coefficient (Wildman–Crippen LogP) is 22.9. The summed E-state index contributed by atoms with van der Waals surface area (Å²) in [7, 11) is 0. The largest absolute Gasteiger partial charge is 0.456 e. The molecule has 90 heavy (non-hydrogen) atoms. The predicted molar refractivity (Wildman–Crippen MR) is 385 cm³/mol. The van der Waals surface area contributed by atoms with Crippen molar-refractivity contribution >= 4 is 107 Å². The van der Waals surface area contributed by atoms with Crippen molar-refractivity contribution in [2.24, 2.45) is 0 Å². The van der Waals surface area contributed by atoms with Gasteiger partial charge in [0.05, 0.1) is 11.4 Å². The first-order valence-corrected chi connectivity index (χ1v) is 32.7. The summed E-state index contributed by atoms with van der Waals surface area (Å²) in [6.45, 7) is 37.1. The Morgan fingerprint density at radius 2 is 1.00 bits per heavy atom. The molecule has 5 nitrogen and oxygen atoms in total. The summed E-state index contributed by atoms with van der Waals surface area (Å²) in [6.07, 6.45) is 2.25. The molecule has 450 valence electrons. The highest BCUT2D eigenvalue weighted by molar-refractivity contribution is 6.94. The van der Waals surface area contributed by atoms with Crippen molar-refractivity contribution in [3.05, 3.63) is 228 Å². The summed E-state index contributed by atoms with van der Waals surface area (Å²) >= 11 is 0. The van der Waals surface area contributed by atoms with Gasteiger partial charge in [0, 0.05) is 72.9 Å². The van der Waals surface area contributed by atoms with Gasteiger partial charge in [-0.15, -0.1) is 0 Å². The second-order valence-corrected chi connectivity index (χ2v) is 31.7. The molecule has 0 atom stereocenters. The van der Waals surface area contributed by atoms with Gasteiger partial charge in [0.15, 0.2) is 5.58 Å². The molecular formula is C84H84BN3O2. The van der Waals surface area contributed by atoms with E-state index in [0.717, 1.165) is 113 Å². The molecule has 0 saturated carbocycles. The van der Waals surface area contributed by atoms with Crippen LogP contribution in [0.15, 0.2) is 203 Å².